The smallest absolute Gasteiger partial charge is 0.234 e. The van der Waals surface area contributed by atoms with Gasteiger partial charge in [0.05, 0.1) is 13.2 Å². The van der Waals surface area contributed by atoms with Crippen LogP contribution in [-0.2, 0) is 9.53 Å². The van der Waals surface area contributed by atoms with E-state index in [-0.39, 0.29) is 5.91 Å². The number of hydrogen-bond acceptors (Lipinski definition) is 3. The van der Waals surface area contributed by atoms with Crippen LogP contribution in [0.1, 0.15) is 46.0 Å². The Labute approximate surface area is 111 Å². The van der Waals surface area contributed by atoms with E-state index in [2.05, 4.69) is 24.5 Å². The Morgan fingerprint density at radius 3 is 2.67 bits per heavy atom. The average Bonchev–Trinajstić information content (AvgIpc) is 2.34. The van der Waals surface area contributed by atoms with Crippen molar-refractivity contribution in [3.63, 3.8) is 0 Å². The third-order valence-electron chi connectivity index (χ3n) is 3.13. The second-order valence-electron chi connectivity index (χ2n) is 5.55. The minimum atomic E-state index is 0.116. The van der Waals surface area contributed by atoms with E-state index in [1.54, 1.807) is 0 Å². The SMILES string of the molecule is CC(C)COCCNCC(=O)NC1CCCCC1. The fraction of sp³-hybridized carbons (Fsp3) is 0.929. The summed E-state index contributed by atoms with van der Waals surface area (Å²) in [6.07, 6.45) is 6.10. The summed E-state index contributed by atoms with van der Waals surface area (Å²) in [5.74, 6) is 0.686. The first kappa shape index (κ1) is 15.4. The van der Waals surface area contributed by atoms with Gasteiger partial charge in [0.1, 0.15) is 0 Å². The monoisotopic (exact) mass is 256 g/mol. The van der Waals surface area contributed by atoms with Gasteiger partial charge in [0, 0.05) is 19.2 Å². The molecule has 4 nitrogen and oxygen atoms in total. The summed E-state index contributed by atoms with van der Waals surface area (Å²) in [6.45, 7) is 6.87. The number of ether oxygens (including phenoxy) is 1. The Morgan fingerprint density at radius 1 is 1.28 bits per heavy atom. The fourth-order valence-electron chi connectivity index (χ4n) is 2.19. The molecule has 1 rings (SSSR count). The molecule has 0 spiro atoms. The van der Waals surface area contributed by atoms with Gasteiger partial charge in [0.2, 0.25) is 5.91 Å². The first-order chi connectivity index (χ1) is 8.68. The minimum absolute atomic E-state index is 0.116. The molecule has 4 heteroatoms. The van der Waals surface area contributed by atoms with Crippen molar-refractivity contribution in [2.45, 2.75) is 52.0 Å². The summed E-state index contributed by atoms with van der Waals surface area (Å²) in [6, 6.07) is 0.408. The lowest BCUT2D eigenvalue weighted by Crippen LogP contribution is -2.41. The third kappa shape index (κ3) is 7.67. The summed E-state index contributed by atoms with van der Waals surface area (Å²) < 4.78 is 5.43. The zero-order chi connectivity index (χ0) is 13.2. The van der Waals surface area contributed by atoms with Crippen LogP contribution in [0.3, 0.4) is 0 Å². The van der Waals surface area contributed by atoms with Crippen LogP contribution in [0.2, 0.25) is 0 Å². The van der Waals surface area contributed by atoms with Crippen LogP contribution in [0, 0.1) is 5.92 Å². The molecule has 0 saturated heterocycles. The van der Waals surface area contributed by atoms with Crippen molar-refractivity contribution >= 4 is 5.91 Å². The summed E-state index contributed by atoms with van der Waals surface area (Å²) in [5.41, 5.74) is 0. The van der Waals surface area contributed by atoms with E-state index < -0.39 is 0 Å². The van der Waals surface area contributed by atoms with Crippen molar-refractivity contribution in [3.8, 4) is 0 Å². The fourth-order valence-corrected chi connectivity index (χ4v) is 2.19. The summed E-state index contributed by atoms with van der Waals surface area (Å²) in [7, 11) is 0. The van der Waals surface area contributed by atoms with Gasteiger partial charge in [-0.2, -0.15) is 0 Å². The zero-order valence-electron chi connectivity index (χ0n) is 11.8. The predicted molar refractivity (Wildman–Crippen MR) is 73.5 cm³/mol. The van der Waals surface area contributed by atoms with Crippen LogP contribution in [0.4, 0.5) is 0 Å². The van der Waals surface area contributed by atoms with E-state index >= 15 is 0 Å². The topological polar surface area (TPSA) is 50.4 Å². The van der Waals surface area contributed by atoms with Crippen molar-refractivity contribution in [2.24, 2.45) is 5.92 Å². The normalized spacial score (nSPS) is 17.1. The van der Waals surface area contributed by atoms with Gasteiger partial charge in [-0.15, -0.1) is 0 Å². The van der Waals surface area contributed by atoms with Gasteiger partial charge < -0.3 is 15.4 Å². The van der Waals surface area contributed by atoms with Crippen LogP contribution in [0.5, 0.6) is 0 Å². The highest BCUT2D eigenvalue weighted by Crippen LogP contribution is 2.16. The van der Waals surface area contributed by atoms with Crippen LogP contribution >= 0.6 is 0 Å². The first-order valence-electron chi connectivity index (χ1n) is 7.26. The van der Waals surface area contributed by atoms with E-state index in [1.807, 2.05) is 0 Å². The molecule has 1 amide bonds. The Hall–Kier alpha value is -0.610. The number of amides is 1. The van der Waals surface area contributed by atoms with Gasteiger partial charge in [-0.05, 0) is 18.8 Å². The van der Waals surface area contributed by atoms with Gasteiger partial charge in [0.15, 0.2) is 0 Å². The standard InChI is InChI=1S/C14H28N2O2/c1-12(2)11-18-9-8-15-10-14(17)16-13-6-4-3-5-7-13/h12-13,15H,3-11H2,1-2H3,(H,16,17). The first-order valence-corrected chi connectivity index (χ1v) is 7.26. The highest BCUT2D eigenvalue weighted by atomic mass is 16.5. The van der Waals surface area contributed by atoms with E-state index in [1.165, 1.54) is 19.3 Å². The second-order valence-corrected chi connectivity index (χ2v) is 5.55. The molecular weight excluding hydrogens is 228 g/mol. The minimum Gasteiger partial charge on any atom is -0.380 e. The molecule has 0 atom stereocenters. The molecule has 0 aliphatic heterocycles. The van der Waals surface area contributed by atoms with Crippen LogP contribution in [-0.4, -0.2) is 38.3 Å². The highest BCUT2D eigenvalue weighted by Gasteiger charge is 2.14. The maximum absolute atomic E-state index is 11.6. The molecule has 0 aromatic heterocycles. The maximum atomic E-state index is 11.6. The molecule has 1 fully saturated rings. The maximum Gasteiger partial charge on any atom is 0.234 e. The molecule has 0 radical (unpaired) electrons. The Bertz CT molecular complexity index is 226. The lowest BCUT2D eigenvalue weighted by Gasteiger charge is -2.22. The van der Waals surface area contributed by atoms with Crippen LogP contribution in [0.25, 0.3) is 0 Å². The van der Waals surface area contributed by atoms with E-state index in [4.69, 9.17) is 4.74 Å². The lowest BCUT2D eigenvalue weighted by atomic mass is 9.95. The quantitative estimate of drug-likeness (QED) is 0.650. The number of nitrogens with one attached hydrogen (secondary N) is 2. The molecule has 0 aromatic carbocycles. The number of hydrogen-bond donors (Lipinski definition) is 2. The summed E-state index contributed by atoms with van der Waals surface area (Å²) >= 11 is 0. The molecule has 0 bridgehead atoms. The molecule has 1 aliphatic rings. The number of carbonyl (C=O) groups is 1. The highest BCUT2D eigenvalue weighted by molar-refractivity contribution is 5.78. The van der Waals surface area contributed by atoms with Crippen molar-refractivity contribution in [3.05, 3.63) is 0 Å². The summed E-state index contributed by atoms with van der Waals surface area (Å²) in [5, 5.41) is 6.20. The Balaban J connectivity index is 1.93. The number of rotatable bonds is 8. The van der Waals surface area contributed by atoms with Crippen molar-refractivity contribution in [1.82, 2.24) is 10.6 Å². The molecule has 1 saturated carbocycles. The summed E-state index contributed by atoms with van der Waals surface area (Å²) in [4.78, 5) is 11.6. The molecule has 1 aliphatic carbocycles. The van der Waals surface area contributed by atoms with Gasteiger partial charge in [-0.1, -0.05) is 33.1 Å². The molecular formula is C14H28N2O2. The third-order valence-corrected chi connectivity index (χ3v) is 3.13. The lowest BCUT2D eigenvalue weighted by molar-refractivity contribution is -0.121. The molecule has 106 valence electrons. The molecule has 0 heterocycles. The van der Waals surface area contributed by atoms with Crippen LogP contribution < -0.4 is 10.6 Å². The second kappa shape index (κ2) is 9.34. The zero-order valence-corrected chi connectivity index (χ0v) is 11.8. The van der Waals surface area contributed by atoms with Gasteiger partial charge >= 0.3 is 0 Å². The van der Waals surface area contributed by atoms with Gasteiger partial charge in [0.25, 0.3) is 0 Å². The van der Waals surface area contributed by atoms with Crippen molar-refractivity contribution in [1.29, 1.82) is 0 Å². The van der Waals surface area contributed by atoms with Gasteiger partial charge in [-0.3, -0.25) is 4.79 Å². The Morgan fingerprint density at radius 2 is 2.00 bits per heavy atom. The average molecular weight is 256 g/mol. The van der Waals surface area contributed by atoms with Crippen molar-refractivity contribution < 1.29 is 9.53 Å². The largest absolute Gasteiger partial charge is 0.380 e. The Kier molecular flexibility index (Phi) is 8.01. The van der Waals surface area contributed by atoms with E-state index in [0.29, 0.717) is 25.1 Å². The predicted octanol–water partition coefficient (Wildman–Crippen LogP) is 1.70. The van der Waals surface area contributed by atoms with E-state index in [9.17, 15) is 4.79 Å². The van der Waals surface area contributed by atoms with Gasteiger partial charge in [-0.25, -0.2) is 0 Å². The molecule has 0 unspecified atom stereocenters. The van der Waals surface area contributed by atoms with Crippen LogP contribution in [0.15, 0.2) is 0 Å². The van der Waals surface area contributed by atoms with Crippen molar-refractivity contribution in [2.75, 3.05) is 26.3 Å². The molecule has 2 N–H and O–H groups in total. The molecule has 18 heavy (non-hydrogen) atoms. The molecule has 0 aromatic rings. The number of carbonyl (C=O) groups excluding carboxylic acids is 1. The van der Waals surface area contributed by atoms with E-state index in [0.717, 1.165) is 26.0 Å².